The van der Waals surface area contributed by atoms with Crippen molar-refractivity contribution in [3.05, 3.63) is 77.9 Å². The maximum absolute atomic E-state index is 14.5. The number of aliphatic hydroxyl groups excluding tert-OH is 1. The van der Waals surface area contributed by atoms with Gasteiger partial charge in [0, 0.05) is 56.9 Å². The Hall–Kier alpha value is -3.88. The third-order valence-corrected chi connectivity index (χ3v) is 10.7. The zero-order valence-electron chi connectivity index (χ0n) is 24.9. The molecule has 2 amide bonds. The second-order valence-corrected chi connectivity index (χ2v) is 13.2. The van der Waals surface area contributed by atoms with Crippen molar-refractivity contribution in [3.8, 4) is 0 Å². The van der Waals surface area contributed by atoms with Gasteiger partial charge in [-0.3, -0.25) is 19.3 Å². The van der Waals surface area contributed by atoms with Gasteiger partial charge in [0.1, 0.15) is 5.76 Å². The van der Waals surface area contributed by atoms with Gasteiger partial charge in [-0.1, -0.05) is 24.3 Å². The molecule has 0 bridgehead atoms. The molecule has 3 saturated heterocycles. The lowest BCUT2D eigenvalue weighted by molar-refractivity contribution is -0.143. The van der Waals surface area contributed by atoms with Gasteiger partial charge in [-0.2, -0.15) is 4.31 Å². The maximum atomic E-state index is 14.5. The summed E-state index contributed by atoms with van der Waals surface area (Å²) >= 11 is 0. The predicted molar refractivity (Wildman–Crippen MR) is 165 cm³/mol. The van der Waals surface area contributed by atoms with Crippen molar-refractivity contribution >= 4 is 39.1 Å². The highest BCUT2D eigenvalue weighted by molar-refractivity contribution is 7.89. The number of fused-ring (bicyclic) bond motifs is 2. The van der Waals surface area contributed by atoms with Crippen molar-refractivity contribution in [2.45, 2.75) is 16.9 Å². The Labute approximate surface area is 262 Å². The van der Waals surface area contributed by atoms with Crippen molar-refractivity contribution in [1.29, 1.82) is 0 Å². The summed E-state index contributed by atoms with van der Waals surface area (Å²) in [5.74, 6) is -2.95. The Kier molecular flexibility index (Phi) is 8.63. The van der Waals surface area contributed by atoms with Crippen molar-refractivity contribution in [2.75, 3.05) is 77.1 Å². The first-order chi connectivity index (χ1) is 21.7. The largest absolute Gasteiger partial charge is 0.507 e. The quantitative estimate of drug-likeness (QED) is 0.188. The molecule has 13 heteroatoms. The summed E-state index contributed by atoms with van der Waals surface area (Å²) in [6.45, 7) is 8.39. The van der Waals surface area contributed by atoms with Gasteiger partial charge in [0.05, 0.1) is 42.6 Å². The molecule has 45 heavy (non-hydrogen) atoms. The van der Waals surface area contributed by atoms with Crippen LogP contribution in [0, 0.1) is 0 Å². The Bertz CT molecular complexity index is 1650. The highest BCUT2D eigenvalue weighted by atomic mass is 32.2. The van der Waals surface area contributed by atoms with Crippen molar-refractivity contribution < 1.29 is 37.4 Å². The average molecular weight is 637 g/mol. The average Bonchev–Trinajstić information content (AvgIpc) is 3.44. The maximum Gasteiger partial charge on any atom is 0.296 e. The van der Waals surface area contributed by atoms with Crippen molar-refractivity contribution in [1.82, 2.24) is 14.1 Å². The molecule has 4 aliphatic rings. The van der Waals surface area contributed by atoms with E-state index in [1.165, 1.54) is 38.4 Å². The van der Waals surface area contributed by atoms with Crippen LogP contribution in [0.4, 0.5) is 5.69 Å². The van der Waals surface area contributed by atoms with Crippen LogP contribution in [0.15, 0.2) is 71.7 Å². The number of nitrogens with zero attached hydrogens (tertiary/aromatic N) is 4. The number of para-hydroxylation sites is 1. The minimum atomic E-state index is -3.81. The van der Waals surface area contributed by atoms with Gasteiger partial charge in [0.2, 0.25) is 10.0 Å². The van der Waals surface area contributed by atoms with Gasteiger partial charge in [-0.15, -0.1) is 6.58 Å². The van der Waals surface area contributed by atoms with E-state index in [2.05, 4.69) is 11.5 Å². The fourth-order valence-corrected chi connectivity index (χ4v) is 8.03. The number of hydrogen-bond acceptors (Lipinski definition) is 9. The number of hydrogen-bond donors (Lipinski definition) is 1. The minimum Gasteiger partial charge on any atom is -0.507 e. The molecule has 0 saturated carbocycles. The third-order valence-electron chi connectivity index (χ3n) is 8.82. The van der Waals surface area contributed by atoms with E-state index in [9.17, 15) is 27.9 Å². The monoisotopic (exact) mass is 636 g/mol. The predicted octanol–water partition coefficient (Wildman–Crippen LogP) is 1.54. The molecular weight excluding hydrogens is 600 g/mol. The Morgan fingerprint density at radius 2 is 1.56 bits per heavy atom. The van der Waals surface area contributed by atoms with E-state index in [1.54, 1.807) is 30.3 Å². The summed E-state index contributed by atoms with van der Waals surface area (Å²) in [5.41, 5.74) is -1.21. The standard InChI is InChI=1S/C32H36N4O8S/c1-2-12-35-26-7-4-3-6-25(26)32(31(35)40)27(29(38)30(39)36(32)14-5-13-33-15-19-43-20-16-33)28(37)23-8-10-24(11-9-23)45(41,42)34-17-21-44-22-18-34/h2-4,6-11,37H,1,5,12-22H2/b28-27+. The number of benzene rings is 2. The van der Waals surface area contributed by atoms with Crippen LogP contribution in [0.1, 0.15) is 17.5 Å². The minimum absolute atomic E-state index is 0.0127. The summed E-state index contributed by atoms with van der Waals surface area (Å²) in [4.78, 5) is 47.1. The lowest BCUT2D eigenvalue weighted by atomic mass is 9.82. The van der Waals surface area contributed by atoms with Crippen molar-refractivity contribution in [2.24, 2.45) is 0 Å². The van der Waals surface area contributed by atoms with Crippen molar-refractivity contribution in [3.63, 3.8) is 0 Å². The number of carbonyl (C=O) groups is 3. The molecule has 1 unspecified atom stereocenters. The number of sulfonamides is 1. The molecule has 1 spiro atoms. The van der Waals surface area contributed by atoms with E-state index in [0.29, 0.717) is 50.6 Å². The number of rotatable bonds is 9. The molecule has 12 nitrogen and oxygen atoms in total. The van der Waals surface area contributed by atoms with Crippen LogP contribution in [0.3, 0.4) is 0 Å². The van der Waals surface area contributed by atoms with Crippen LogP contribution >= 0.6 is 0 Å². The topological polar surface area (TPSA) is 137 Å². The smallest absolute Gasteiger partial charge is 0.296 e. The van der Waals surface area contributed by atoms with Gasteiger partial charge in [-0.05, 0) is 36.8 Å². The number of anilines is 1. The Balaban J connectivity index is 1.43. The normalized spacial score (nSPS) is 24.0. The molecule has 0 radical (unpaired) electrons. The number of carbonyl (C=O) groups excluding carboxylic acids is 3. The molecule has 0 aromatic heterocycles. The summed E-state index contributed by atoms with van der Waals surface area (Å²) in [5, 5.41) is 11.8. The van der Waals surface area contributed by atoms with Crippen LogP contribution in [0.5, 0.6) is 0 Å². The molecule has 238 valence electrons. The summed E-state index contributed by atoms with van der Waals surface area (Å²) in [6.07, 6.45) is 2.05. The number of ether oxygens (including phenoxy) is 2. The molecular formula is C32H36N4O8S. The van der Waals surface area contributed by atoms with Crippen LogP contribution in [-0.4, -0.2) is 117 Å². The Morgan fingerprint density at radius 1 is 0.911 bits per heavy atom. The van der Waals surface area contributed by atoms with Gasteiger partial charge >= 0.3 is 0 Å². The molecule has 1 atom stereocenters. The second-order valence-electron chi connectivity index (χ2n) is 11.3. The fourth-order valence-electron chi connectivity index (χ4n) is 6.62. The first kappa shape index (κ1) is 31.1. The number of morpholine rings is 2. The van der Waals surface area contributed by atoms with E-state index < -0.39 is 38.9 Å². The lowest BCUT2D eigenvalue weighted by Crippen LogP contribution is -2.52. The molecule has 2 aromatic rings. The number of Topliss-reactive ketones (excluding diaryl/α,β-unsaturated/α-hetero) is 1. The van der Waals surface area contributed by atoms with Gasteiger partial charge in [0.15, 0.2) is 5.54 Å². The zero-order chi connectivity index (χ0) is 31.8. The van der Waals surface area contributed by atoms with Gasteiger partial charge in [0.25, 0.3) is 17.6 Å². The lowest BCUT2D eigenvalue weighted by Gasteiger charge is -2.35. The highest BCUT2D eigenvalue weighted by Gasteiger charge is 2.66. The summed E-state index contributed by atoms with van der Waals surface area (Å²) in [7, 11) is -3.81. The Morgan fingerprint density at radius 3 is 2.22 bits per heavy atom. The zero-order valence-corrected chi connectivity index (χ0v) is 25.7. The molecule has 2 aromatic carbocycles. The number of aliphatic hydroxyl groups is 1. The van der Waals surface area contributed by atoms with E-state index in [4.69, 9.17) is 9.47 Å². The first-order valence-electron chi connectivity index (χ1n) is 15.0. The fraction of sp³-hybridized carbons (Fsp3) is 0.406. The van der Waals surface area contributed by atoms with E-state index in [0.717, 1.165) is 13.1 Å². The van der Waals surface area contributed by atoms with Gasteiger partial charge < -0.3 is 24.4 Å². The SMILES string of the molecule is C=CCN1C(=O)C2(/C(=C(/O)c3ccc(S(=O)(=O)N4CCOCC4)cc3)C(=O)C(=O)N2CCCN2CCOCC2)c2ccccc21. The third kappa shape index (κ3) is 5.18. The molecule has 4 aliphatic heterocycles. The number of likely N-dealkylation sites (tertiary alicyclic amines) is 1. The molecule has 4 heterocycles. The molecule has 6 rings (SSSR count). The summed E-state index contributed by atoms with van der Waals surface area (Å²) < 4.78 is 38.4. The number of ketones is 1. The molecule has 3 fully saturated rings. The first-order valence-corrected chi connectivity index (χ1v) is 16.5. The molecule has 0 aliphatic carbocycles. The van der Waals surface area contributed by atoms with E-state index in [1.807, 2.05) is 0 Å². The molecule has 1 N–H and O–H groups in total. The summed E-state index contributed by atoms with van der Waals surface area (Å²) in [6, 6.07) is 12.4. The van der Waals surface area contributed by atoms with E-state index >= 15 is 0 Å². The van der Waals surface area contributed by atoms with E-state index in [-0.39, 0.29) is 42.2 Å². The van der Waals surface area contributed by atoms with Crippen LogP contribution in [0.2, 0.25) is 0 Å². The van der Waals surface area contributed by atoms with Crippen LogP contribution < -0.4 is 4.90 Å². The second kappa shape index (κ2) is 12.5. The van der Waals surface area contributed by atoms with Crippen LogP contribution in [-0.2, 0) is 39.4 Å². The van der Waals surface area contributed by atoms with Crippen LogP contribution in [0.25, 0.3) is 5.76 Å². The highest BCUT2D eigenvalue weighted by Crippen LogP contribution is 2.53. The van der Waals surface area contributed by atoms with Gasteiger partial charge in [-0.25, -0.2) is 8.42 Å². The number of amides is 2.